The van der Waals surface area contributed by atoms with Gasteiger partial charge in [0.25, 0.3) is 0 Å². The van der Waals surface area contributed by atoms with Crippen LogP contribution in [0.1, 0.15) is 13.3 Å². The molecule has 0 radical (unpaired) electrons. The summed E-state index contributed by atoms with van der Waals surface area (Å²) in [6, 6.07) is 0. The molecule has 1 heteroatoms. The van der Waals surface area contributed by atoms with E-state index in [2.05, 4.69) is 12.7 Å². The summed E-state index contributed by atoms with van der Waals surface area (Å²) in [4.78, 5) is 0. The maximum atomic E-state index is 3.35. The molecule has 0 aliphatic carbocycles. The quantitative estimate of drug-likeness (QED) is 0.487. The summed E-state index contributed by atoms with van der Waals surface area (Å²) in [6.45, 7) is 5.36. The van der Waals surface area contributed by atoms with Gasteiger partial charge >= 0.3 is 32.7 Å². The fourth-order valence-corrected chi connectivity index (χ4v) is 0. The van der Waals surface area contributed by atoms with E-state index in [1.165, 1.54) is 0 Å². The molecule has 0 amide bonds. The van der Waals surface area contributed by atoms with Gasteiger partial charge in [-0.25, -0.2) is 0 Å². The van der Waals surface area contributed by atoms with Crippen molar-refractivity contribution in [3.05, 3.63) is 12.7 Å². The van der Waals surface area contributed by atoms with Gasteiger partial charge in [-0.15, -0.1) is 0 Å². The average molecular weight is 144 g/mol. The van der Waals surface area contributed by atoms with Crippen molar-refractivity contribution in [1.29, 1.82) is 0 Å². The van der Waals surface area contributed by atoms with Crippen molar-refractivity contribution in [2.45, 2.75) is 13.3 Å². The fraction of sp³-hybridized carbons (Fsp3) is 0.500. The number of hydrogen-bond donors (Lipinski definition) is 0. The Morgan fingerprint density at radius 1 is 1.80 bits per heavy atom. The predicted molar refractivity (Wildman–Crippen MR) is 19.2 cm³/mol. The molecule has 0 aliphatic heterocycles. The molecule has 0 heterocycles. The van der Waals surface area contributed by atoms with Gasteiger partial charge in [-0.05, 0) is 0 Å². The molecule has 0 aromatic heterocycles. The third-order valence-corrected chi connectivity index (χ3v) is 0.250. The maximum absolute atomic E-state index is 3.35. The maximum Gasteiger partial charge on any atom is 3.00 e. The van der Waals surface area contributed by atoms with Crippen LogP contribution in [0.25, 0.3) is 0 Å². The molecule has 0 aliphatic rings. The third-order valence-electron chi connectivity index (χ3n) is 0.250. The van der Waals surface area contributed by atoms with E-state index in [1.807, 2.05) is 6.92 Å². The molecule has 0 aromatic rings. The van der Waals surface area contributed by atoms with Crippen molar-refractivity contribution >= 4 is 0 Å². The molecule has 0 spiro atoms. The van der Waals surface area contributed by atoms with Gasteiger partial charge in [-0.1, -0.05) is 6.92 Å². The summed E-state index contributed by atoms with van der Waals surface area (Å²) < 4.78 is 0. The largest absolute Gasteiger partial charge is 3.00 e. The number of hydrogen-bond acceptors (Lipinski definition) is 0. The minimum Gasteiger partial charge on any atom is -0.504 e. The second-order valence-electron chi connectivity index (χ2n) is 0.604. The minimum absolute atomic E-state index is 0. The van der Waals surface area contributed by atoms with Crippen LogP contribution in [0.2, 0.25) is 0 Å². The molecule has 0 aromatic carbocycles. The molecule has 0 saturated carbocycles. The molecule has 0 nitrogen and oxygen atoms in total. The van der Waals surface area contributed by atoms with E-state index in [0.717, 1.165) is 6.42 Å². The zero-order valence-electron chi connectivity index (χ0n) is 3.49. The zero-order chi connectivity index (χ0) is 3.41. The van der Waals surface area contributed by atoms with Crippen molar-refractivity contribution in [2.75, 3.05) is 0 Å². The Labute approximate surface area is 58.5 Å². The summed E-state index contributed by atoms with van der Waals surface area (Å²) in [5.41, 5.74) is 0. The molecule has 0 bridgehead atoms. The van der Waals surface area contributed by atoms with Crippen LogP contribution in [0.5, 0.6) is 0 Å². The van der Waals surface area contributed by atoms with Crippen LogP contribution in [0.4, 0.5) is 0 Å². The Hall–Kier alpha value is 0.844. The topological polar surface area (TPSA) is 0 Å². The van der Waals surface area contributed by atoms with E-state index in [1.54, 1.807) is 0 Å². The average Bonchev–Trinajstić information content (AvgIpc) is 1.37. The van der Waals surface area contributed by atoms with Gasteiger partial charge in [0.15, 0.2) is 0 Å². The summed E-state index contributed by atoms with van der Waals surface area (Å²) >= 11 is 0. The smallest absolute Gasteiger partial charge is 0.504 e. The third kappa shape index (κ3) is 11.5. The van der Waals surface area contributed by atoms with E-state index in [9.17, 15) is 0 Å². The van der Waals surface area contributed by atoms with E-state index in [0.29, 0.717) is 0 Å². The monoisotopic (exact) mass is 144 g/mol. The molecule has 0 N–H and O–H groups in total. The molecule has 24 valence electrons. The normalized spacial score (nSPS) is 5.00. The van der Waals surface area contributed by atoms with Crippen LogP contribution in [0, 0.1) is 6.08 Å². The van der Waals surface area contributed by atoms with Gasteiger partial charge in [0.2, 0.25) is 0 Å². The molecular weight excluding hydrogens is 137 g/mol. The second-order valence-corrected chi connectivity index (χ2v) is 0.604. The Morgan fingerprint density at radius 3 is 2.00 bits per heavy atom. The Balaban J connectivity index is 0. The predicted octanol–water partition coefficient (Wildman–Crippen LogP) is 1.38. The number of allylic oxidation sites excluding steroid dienone is 1. The van der Waals surface area contributed by atoms with Crippen LogP contribution in [-0.4, -0.2) is 0 Å². The number of rotatable bonds is 1. The standard InChI is InChI=1S/C4H7.Y/c1-3-4-2;/h1,4H2,2H3;/q-1;+3. The molecule has 0 fully saturated rings. The van der Waals surface area contributed by atoms with Crippen molar-refractivity contribution in [1.82, 2.24) is 0 Å². The second kappa shape index (κ2) is 8.85. The van der Waals surface area contributed by atoms with Crippen LogP contribution < -0.4 is 0 Å². The summed E-state index contributed by atoms with van der Waals surface area (Å²) in [5, 5.41) is 0. The Kier molecular flexibility index (Phi) is 16.4. The molecule has 0 atom stereocenters. The fourth-order valence-electron chi connectivity index (χ4n) is 0. The first-order valence-electron chi connectivity index (χ1n) is 1.41. The van der Waals surface area contributed by atoms with Gasteiger partial charge in [-0.3, -0.25) is 6.58 Å². The Morgan fingerprint density at radius 2 is 2.00 bits per heavy atom. The van der Waals surface area contributed by atoms with Crippen LogP contribution in [0.15, 0.2) is 6.58 Å². The van der Waals surface area contributed by atoms with Gasteiger partial charge < -0.3 is 6.08 Å². The molecular formula is C4H7Y+2. The Bertz CT molecular complexity index is 17.6. The van der Waals surface area contributed by atoms with E-state index in [-0.39, 0.29) is 32.7 Å². The first-order valence-corrected chi connectivity index (χ1v) is 1.41. The molecule has 0 unspecified atom stereocenters. The van der Waals surface area contributed by atoms with Crippen molar-refractivity contribution in [3.63, 3.8) is 0 Å². The van der Waals surface area contributed by atoms with E-state index in [4.69, 9.17) is 0 Å². The SMILES string of the molecule is C=[C-]CC.[Y+3]. The van der Waals surface area contributed by atoms with E-state index < -0.39 is 0 Å². The summed E-state index contributed by atoms with van der Waals surface area (Å²) in [6.07, 6.45) is 3.64. The molecule has 5 heavy (non-hydrogen) atoms. The van der Waals surface area contributed by atoms with Gasteiger partial charge in [0.1, 0.15) is 0 Å². The van der Waals surface area contributed by atoms with Gasteiger partial charge in [0.05, 0.1) is 0 Å². The van der Waals surface area contributed by atoms with Gasteiger partial charge in [-0.2, -0.15) is 6.42 Å². The van der Waals surface area contributed by atoms with Crippen molar-refractivity contribution < 1.29 is 32.7 Å². The first kappa shape index (κ1) is 9.28. The van der Waals surface area contributed by atoms with Crippen LogP contribution in [0.3, 0.4) is 0 Å². The minimum atomic E-state index is 0. The summed E-state index contributed by atoms with van der Waals surface area (Å²) in [5.74, 6) is 0. The van der Waals surface area contributed by atoms with Crippen molar-refractivity contribution in [2.24, 2.45) is 0 Å². The van der Waals surface area contributed by atoms with Gasteiger partial charge in [0, 0.05) is 0 Å². The summed E-state index contributed by atoms with van der Waals surface area (Å²) in [7, 11) is 0. The first-order chi connectivity index (χ1) is 1.91. The molecule has 0 rings (SSSR count). The van der Waals surface area contributed by atoms with E-state index >= 15 is 0 Å². The zero-order valence-corrected chi connectivity index (χ0v) is 6.33. The van der Waals surface area contributed by atoms with Crippen LogP contribution >= 0.6 is 0 Å². The molecule has 0 saturated heterocycles. The van der Waals surface area contributed by atoms with Crippen molar-refractivity contribution in [3.8, 4) is 0 Å². The van der Waals surface area contributed by atoms with Crippen LogP contribution in [-0.2, 0) is 32.7 Å².